The van der Waals surface area contributed by atoms with Crippen LogP contribution in [0.1, 0.15) is 5.56 Å². The Balaban J connectivity index is 2.13. The predicted molar refractivity (Wildman–Crippen MR) is 87.5 cm³/mol. The summed E-state index contributed by atoms with van der Waals surface area (Å²) in [5.41, 5.74) is 0.928. The van der Waals surface area contributed by atoms with Gasteiger partial charge in [-0.25, -0.2) is 0 Å². The molecule has 1 N–H and O–H groups in total. The van der Waals surface area contributed by atoms with Crippen molar-refractivity contribution in [2.75, 3.05) is 5.32 Å². The zero-order chi connectivity index (χ0) is 17.4. The molecule has 0 unspecified atom stereocenters. The molecule has 0 aliphatic rings. The van der Waals surface area contributed by atoms with Gasteiger partial charge >= 0.3 is 0 Å². The van der Waals surface area contributed by atoms with Crippen LogP contribution in [-0.4, -0.2) is 4.98 Å². The molecule has 7 heteroatoms. The van der Waals surface area contributed by atoms with Crippen molar-refractivity contribution in [3.05, 3.63) is 64.6 Å². The lowest BCUT2D eigenvalue weighted by molar-refractivity contribution is 0.306. The predicted octanol–water partition coefficient (Wildman–Crippen LogP) is 3.55. The molecule has 0 radical (unpaired) electrons. The topological polar surface area (TPSA) is 106 Å². The maximum absolute atomic E-state index is 9.02. The molecule has 0 amide bonds. The van der Waals surface area contributed by atoms with Gasteiger partial charge in [0.2, 0.25) is 0 Å². The van der Waals surface area contributed by atoms with Crippen molar-refractivity contribution < 1.29 is 4.74 Å². The minimum absolute atomic E-state index is 0.139. The quantitative estimate of drug-likeness (QED) is 0.837. The average Bonchev–Trinajstić information content (AvgIpc) is 2.62. The van der Waals surface area contributed by atoms with Gasteiger partial charge in [-0.15, -0.1) is 0 Å². The lowest BCUT2D eigenvalue weighted by Gasteiger charge is -2.10. The van der Waals surface area contributed by atoms with Crippen LogP contribution in [0, 0.1) is 34.0 Å². The minimum Gasteiger partial charge on any atom is -0.487 e. The highest BCUT2D eigenvalue weighted by Gasteiger charge is 2.08. The smallest absolute Gasteiger partial charge is 0.163 e. The first-order valence-corrected chi connectivity index (χ1v) is 7.08. The molecule has 1 aromatic heterocycles. The maximum Gasteiger partial charge on any atom is 0.163 e. The van der Waals surface area contributed by atoms with E-state index < -0.39 is 0 Å². The van der Waals surface area contributed by atoms with Crippen molar-refractivity contribution in [2.45, 2.75) is 6.61 Å². The number of nitriles is 3. The largest absolute Gasteiger partial charge is 0.487 e. The lowest BCUT2D eigenvalue weighted by Crippen LogP contribution is -2.01. The van der Waals surface area contributed by atoms with Gasteiger partial charge in [-0.1, -0.05) is 17.7 Å². The molecule has 1 aromatic carbocycles. The molecule has 0 spiro atoms. The van der Waals surface area contributed by atoms with Crippen molar-refractivity contribution >= 4 is 17.3 Å². The van der Waals surface area contributed by atoms with Gasteiger partial charge in [0.1, 0.15) is 36.3 Å². The Kier molecular flexibility index (Phi) is 5.75. The average molecular weight is 336 g/mol. The SMILES string of the molecule is N#CC(C#N)=C(C#N)Nc1ccc(OCc2cccnc2)c(Cl)c1. The minimum atomic E-state index is -0.300. The van der Waals surface area contributed by atoms with E-state index in [0.29, 0.717) is 23.1 Å². The third-order valence-corrected chi connectivity index (χ3v) is 3.20. The van der Waals surface area contributed by atoms with E-state index >= 15 is 0 Å². The monoisotopic (exact) mass is 335 g/mol. The Hall–Kier alpha value is -3.53. The second-order valence-corrected chi connectivity index (χ2v) is 4.91. The van der Waals surface area contributed by atoms with E-state index in [-0.39, 0.29) is 11.3 Å². The van der Waals surface area contributed by atoms with Crippen LogP contribution in [0.4, 0.5) is 5.69 Å². The van der Waals surface area contributed by atoms with Crippen LogP contribution >= 0.6 is 11.6 Å². The zero-order valence-corrected chi connectivity index (χ0v) is 13.1. The molecule has 6 nitrogen and oxygen atoms in total. The number of aromatic nitrogens is 1. The number of benzene rings is 1. The molecule has 0 saturated carbocycles. The van der Waals surface area contributed by atoms with Crippen molar-refractivity contribution in [2.24, 2.45) is 0 Å². The maximum atomic E-state index is 9.02. The normalized spacial score (nSPS) is 9.08. The van der Waals surface area contributed by atoms with Gasteiger partial charge < -0.3 is 10.1 Å². The Morgan fingerprint density at radius 3 is 2.54 bits per heavy atom. The van der Waals surface area contributed by atoms with Gasteiger partial charge in [0.05, 0.1) is 5.02 Å². The fraction of sp³-hybridized carbons (Fsp3) is 0.0588. The number of hydrogen-bond donors (Lipinski definition) is 1. The Morgan fingerprint density at radius 1 is 1.17 bits per heavy atom. The summed E-state index contributed by atoms with van der Waals surface area (Å²) in [7, 11) is 0. The number of halogens is 1. The summed E-state index contributed by atoms with van der Waals surface area (Å²) < 4.78 is 5.62. The lowest BCUT2D eigenvalue weighted by atomic mass is 10.2. The number of ether oxygens (including phenoxy) is 1. The van der Waals surface area contributed by atoms with Crippen LogP contribution in [0.5, 0.6) is 5.75 Å². The summed E-state index contributed by atoms with van der Waals surface area (Å²) in [5, 5.41) is 29.7. The van der Waals surface area contributed by atoms with Crippen LogP contribution < -0.4 is 10.1 Å². The molecule has 0 aliphatic heterocycles. The molecule has 1 heterocycles. The van der Waals surface area contributed by atoms with Crippen molar-refractivity contribution in [3.8, 4) is 24.0 Å². The van der Waals surface area contributed by atoms with Crippen LogP contribution in [-0.2, 0) is 6.61 Å². The van der Waals surface area contributed by atoms with E-state index in [2.05, 4.69) is 10.3 Å². The molecule has 2 aromatic rings. The molecule has 0 saturated heterocycles. The van der Waals surface area contributed by atoms with E-state index in [9.17, 15) is 0 Å². The highest BCUT2D eigenvalue weighted by molar-refractivity contribution is 6.32. The fourth-order valence-electron chi connectivity index (χ4n) is 1.77. The highest BCUT2D eigenvalue weighted by Crippen LogP contribution is 2.29. The second-order valence-electron chi connectivity index (χ2n) is 4.51. The van der Waals surface area contributed by atoms with Gasteiger partial charge in [-0.2, -0.15) is 15.8 Å². The summed E-state index contributed by atoms with van der Waals surface area (Å²) >= 11 is 6.16. The van der Waals surface area contributed by atoms with Crippen LogP contribution in [0.2, 0.25) is 5.02 Å². The van der Waals surface area contributed by atoms with Gasteiger partial charge in [-0.05, 0) is 24.3 Å². The summed E-state index contributed by atoms with van der Waals surface area (Å²) in [6, 6.07) is 13.6. The Morgan fingerprint density at radius 2 is 1.96 bits per heavy atom. The van der Waals surface area contributed by atoms with E-state index in [1.807, 2.05) is 12.1 Å². The van der Waals surface area contributed by atoms with Gasteiger partial charge in [-0.3, -0.25) is 4.98 Å². The molecule has 0 fully saturated rings. The van der Waals surface area contributed by atoms with Gasteiger partial charge in [0.15, 0.2) is 5.57 Å². The van der Waals surface area contributed by atoms with Crippen LogP contribution in [0.25, 0.3) is 0 Å². The number of allylic oxidation sites excluding steroid dienone is 2. The van der Waals surface area contributed by atoms with Crippen LogP contribution in [0.15, 0.2) is 54.0 Å². The molecular weight excluding hydrogens is 326 g/mol. The van der Waals surface area contributed by atoms with Crippen LogP contribution in [0.3, 0.4) is 0 Å². The van der Waals surface area contributed by atoms with Crippen molar-refractivity contribution in [1.82, 2.24) is 4.98 Å². The number of nitrogens with one attached hydrogen (secondary N) is 1. The van der Waals surface area contributed by atoms with Gasteiger partial charge in [0, 0.05) is 23.6 Å². The third kappa shape index (κ3) is 4.24. The van der Waals surface area contributed by atoms with Crippen molar-refractivity contribution in [3.63, 3.8) is 0 Å². The first-order valence-electron chi connectivity index (χ1n) is 6.70. The van der Waals surface area contributed by atoms with E-state index in [0.717, 1.165) is 5.56 Å². The van der Waals surface area contributed by atoms with E-state index in [4.69, 9.17) is 32.1 Å². The van der Waals surface area contributed by atoms with Crippen molar-refractivity contribution in [1.29, 1.82) is 15.8 Å². The number of anilines is 1. The summed E-state index contributed by atoms with van der Waals surface area (Å²) in [6.07, 6.45) is 3.37. The molecule has 0 aliphatic carbocycles. The molecular formula is C17H10ClN5O. The number of pyridine rings is 1. The van der Waals surface area contributed by atoms with E-state index in [1.165, 1.54) is 0 Å². The molecule has 24 heavy (non-hydrogen) atoms. The standard InChI is InChI=1S/C17H10ClN5O/c18-15-6-14(23-16(9-21)13(7-19)8-20)3-4-17(15)24-11-12-2-1-5-22-10-12/h1-6,10,23H,11H2. The first kappa shape index (κ1) is 16.8. The number of rotatable bonds is 5. The summed E-state index contributed by atoms with van der Waals surface area (Å²) in [5.74, 6) is 0.467. The number of nitrogens with zero attached hydrogens (tertiary/aromatic N) is 4. The molecule has 2 rings (SSSR count). The summed E-state index contributed by atoms with van der Waals surface area (Å²) in [4.78, 5) is 4.00. The fourth-order valence-corrected chi connectivity index (χ4v) is 2.00. The molecule has 0 atom stereocenters. The van der Waals surface area contributed by atoms with Gasteiger partial charge in [0.25, 0.3) is 0 Å². The highest BCUT2D eigenvalue weighted by atomic mass is 35.5. The third-order valence-electron chi connectivity index (χ3n) is 2.90. The Labute approximate surface area is 143 Å². The Bertz CT molecular complexity index is 872. The first-order chi connectivity index (χ1) is 11.7. The van der Waals surface area contributed by atoms with E-state index in [1.54, 1.807) is 48.8 Å². The second kappa shape index (κ2) is 8.19. The number of hydrogen-bond acceptors (Lipinski definition) is 6. The molecule has 116 valence electrons. The zero-order valence-electron chi connectivity index (χ0n) is 12.3. The summed E-state index contributed by atoms with van der Waals surface area (Å²) in [6.45, 7) is 0.316. The molecule has 0 bridgehead atoms.